The molecule has 2 fully saturated rings. The summed E-state index contributed by atoms with van der Waals surface area (Å²) in [5.74, 6) is 2.97. The summed E-state index contributed by atoms with van der Waals surface area (Å²) >= 11 is 0. The van der Waals surface area contributed by atoms with E-state index in [9.17, 15) is 0 Å². The Bertz CT molecular complexity index is 810. The van der Waals surface area contributed by atoms with Crippen molar-refractivity contribution < 1.29 is 0 Å². The van der Waals surface area contributed by atoms with Crippen molar-refractivity contribution in [3.8, 4) is 0 Å². The van der Waals surface area contributed by atoms with Gasteiger partial charge in [-0.15, -0.1) is 5.10 Å². The fraction of sp³-hybridized carbons (Fsp3) is 0.619. The number of nitrogens with zero attached hydrogens (tertiary/aromatic N) is 7. The van der Waals surface area contributed by atoms with Crippen LogP contribution in [0.2, 0.25) is 0 Å². The van der Waals surface area contributed by atoms with Gasteiger partial charge in [-0.1, -0.05) is 0 Å². The zero-order valence-electron chi connectivity index (χ0n) is 16.6. The Morgan fingerprint density at radius 1 is 0.679 bits per heavy atom. The first-order valence-electron chi connectivity index (χ1n) is 10.8. The number of piperidine rings is 1. The van der Waals surface area contributed by atoms with Gasteiger partial charge in [0.2, 0.25) is 5.95 Å². The number of anilines is 3. The molecule has 2 aromatic rings. The highest BCUT2D eigenvalue weighted by atomic mass is 15.4. The highest BCUT2D eigenvalue weighted by Crippen LogP contribution is 2.24. The Hall–Kier alpha value is -2.44. The fourth-order valence-corrected chi connectivity index (χ4v) is 4.56. The average molecular weight is 380 g/mol. The molecule has 0 unspecified atom stereocenters. The van der Waals surface area contributed by atoms with Gasteiger partial charge in [0.25, 0.3) is 0 Å². The first kappa shape index (κ1) is 17.6. The van der Waals surface area contributed by atoms with E-state index in [1.54, 1.807) is 0 Å². The molecule has 5 rings (SSSR count). The molecule has 0 atom stereocenters. The third-order valence-corrected chi connectivity index (χ3v) is 6.25. The van der Waals surface area contributed by atoms with Gasteiger partial charge in [-0.2, -0.15) is 10.1 Å². The zero-order valence-corrected chi connectivity index (χ0v) is 16.6. The Labute approximate surface area is 166 Å². The van der Waals surface area contributed by atoms with Crippen molar-refractivity contribution >= 4 is 17.6 Å². The van der Waals surface area contributed by atoms with Crippen molar-refractivity contribution in [2.24, 2.45) is 0 Å². The van der Waals surface area contributed by atoms with Crippen LogP contribution in [0.15, 0.2) is 18.3 Å². The SMILES string of the molecule is c1cc(N2CCCCC2)nc(N2CCN(c3cc4c(nn3)CCCC4)CC2)n1. The summed E-state index contributed by atoms with van der Waals surface area (Å²) in [6.07, 6.45) is 10.5. The summed E-state index contributed by atoms with van der Waals surface area (Å²) in [5, 5.41) is 9.01. The van der Waals surface area contributed by atoms with Crippen LogP contribution in [0.1, 0.15) is 43.4 Å². The van der Waals surface area contributed by atoms with Crippen LogP contribution in [-0.4, -0.2) is 59.4 Å². The lowest BCUT2D eigenvalue weighted by Crippen LogP contribution is -2.47. The van der Waals surface area contributed by atoms with Gasteiger partial charge in [-0.3, -0.25) is 0 Å². The van der Waals surface area contributed by atoms with Gasteiger partial charge < -0.3 is 14.7 Å². The lowest BCUT2D eigenvalue weighted by Gasteiger charge is -2.36. The molecule has 1 aliphatic carbocycles. The lowest BCUT2D eigenvalue weighted by atomic mass is 9.97. The van der Waals surface area contributed by atoms with E-state index in [1.807, 2.05) is 12.3 Å². The normalized spacial score (nSPS) is 20.2. The Balaban J connectivity index is 1.25. The van der Waals surface area contributed by atoms with Gasteiger partial charge in [0.05, 0.1) is 5.69 Å². The molecule has 0 N–H and O–H groups in total. The molecular formula is C21H29N7. The molecule has 2 aliphatic heterocycles. The van der Waals surface area contributed by atoms with Crippen LogP contribution < -0.4 is 14.7 Å². The van der Waals surface area contributed by atoms with E-state index >= 15 is 0 Å². The van der Waals surface area contributed by atoms with E-state index in [4.69, 9.17) is 4.98 Å². The van der Waals surface area contributed by atoms with Crippen LogP contribution in [0, 0.1) is 0 Å². The maximum absolute atomic E-state index is 4.87. The van der Waals surface area contributed by atoms with Gasteiger partial charge in [0.1, 0.15) is 5.82 Å². The molecule has 2 aromatic heterocycles. The molecule has 2 saturated heterocycles. The minimum atomic E-state index is 0.860. The molecule has 4 heterocycles. The zero-order chi connectivity index (χ0) is 18.8. The van der Waals surface area contributed by atoms with Crippen LogP contribution in [0.25, 0.3) is 0 Å². The second-order valence-electron chi connectivity index (χ2n) is 8.12. The number of fused-ring (bicyclic) bond motifs is 1. The van der Waals surface area contributed by atoms with Gasteiger partial charge >= 0.3 is 0 Å². The Morgan fingerprint density at radius 2 is 1.43 bits per heavy atom. The van der Waals surface area contributed by atoms with Crippen LogP contribution in [0.3, 0.4) is 0 Å². The minimum absolute atomic E-state index is 0.860. The van der Waals surface area contributed by atoms with E-state index in [1.165, 1.54) is 43.4 Å². The molecular weight excluding hydrogens is 350 g/mol. The van der Waals surface area contributed by atoms with Crippen molar-refractivity contribution in [3.63, 3.8) is 0 Å². The molecule has 0 amide bonds. The third-order valence-electron chi connectivity index (χ3n) is 6.25. The van der Waals surface area contributed by atoms with Crippen LogP contribution in [0.5, 0.6) is 0 Å². The minimum Gasteiger partial charge on any atom is -0.356 e. The summed E-state index contributed by atoms with van der Waals surface area (Å²) in [7, 11) is 0. The summed E-state index contributed by atoms with van der Waals surface area (Å²) in [6, 6.07) is 4.32. The first-order valence-corrected chi connectivity index (χ1v) is 10.8. The maximum atomic E-state index is 4.87. The number of aromatic nitrogens is 4. The quantitative estimate of drug-likeness (QED) is 0.812. The smallest absolute Gasteiger partial charge is 0.227 e. The van der Waals surface area contributed by atoms with Gasteiger partial charge in [-0.05, 0) is 62.6 Å². The first-order chi connectivity index (χ1) is 13.9. The van der Waals surface area contributed by atoms with Crippen molar-refractivity contribution in [1.82, 2.24) is 20.2 Å². The van der Waals surface area contributed by atoms with Crippen LogP contribution in [0.4, 0.5) is 17.6 Å². The topological polar surface area (TPSA) is 61.3 Å². The second-order valence-corrected chi connectivity index (χ2v) is 8.12. The maximum Gasteiger partial charge on any atom is 0.227 e. The molecule has 0 bridgehead atoms. The van der Waals surface area contributed by atoms with Crippen molar-refractivity contribution in [2.75, 3.05) is 54.0 Å². The van der Waals surface area contributed by atoms with Crippen molar-refractivity contribution in [1.29, 1.82) is 0 Å². The predicted molar refractivity (Wildman–Crippen MR) is 111 cm³/mol. The number of rotatable bonds is 3. The predicted octanol–water partition coefficient (Wildman–Crippen LogP) is 2.46. The summed E-state index contributed by atoms with van der Waals surface area (Å²) in [4.78, 5) is 16.5. The van der Waals surface area contributed by atoms with Gasteiger partial charge in [-0.25, -0.2) is 4.98 Å². The number of hydrogen-bond acceptors (Lipinski definition) is 7. The monoisotopic (exact) mass is 379 g/mol. The molecule has 148 valence electrons. The van der Waals surface area contributed by atoms with Crippen LogP contribution >= 0.6 is 0 Å². The Kier molecular flexibility index (Phi) is 4.97. The molecule has 28 heavy (non-hydrogen) atoms. The summed E-state index contributed by atoms with van der Waals surface area (Å²) in [6.45, 7) is 5.93. The molecule has 3 aliphatic rings. The molecule has 0 radical (unpaired) electrons. The number of aryl methyl sites for hydroxylation is 2. The number of piperazine rings is 1. The third kappa shape index (κ3) is 3.62. The Morgan fingerprint density at radius 3 is 2.29 bits per heavy atom. The molecule has 0 aromatic carbocycles. The summed E-state index contributed by atoms with van der Waals surface area (Å²) < 4.78 is 0. The van der Waals surface area contributed by atoms with E-state index < -0.39 is 0 Å². The van der Waals surface area contributed by atoms with E-state index in [0.717, 1.165) is 69.7 Å². The highest BCUT2D eigenvalue weighted by molar-refractivity contribution is 5.47. The second kappa shape index (κ2) is 7.89. The van der Waals surface area contributed by atoms with Crippen LogP contribution in [-0.2, 0) is 12.8 Å². The standard InChI is InChI=1S/C21H29N7/c1-4-10-26(11-5-1)19-8-9-22-21(23-19)28-14-12-27(13-15-28)20-16-17-6-2-3-7-18(17)24-25-20/h8-9,16H,1-7,10-15H2. The van der Waals surface area contributed by atoms with Gasteiger partial charge in [0, 0.05) is 45.5 Å². The van der Waals surface area contributed by atoms with E-state index in [-0.39, 0.29) is 0 Å². The molecule has 0 spiro atoms. The summed E-state index contributed by atoms with van der Waals surface area (Å²) in [5.41, 5.74) is 2.60. The molecule has 0 saturated carbocycles. The largest absolute Gasteiger partial charge is 0.356 e. The number of hydrogen-bond donors (Lipinski definition) is 0. The molecule has 7 heteroatoms. The molecule has 7 nitrogen and oxygen atoms in total. The van der Waals surface area contributed by atoms with E-state index in [0.29, 0.717) is 0 Å². The highest BCUT2D eigenvalue weighted by Gasteiger charge is 2.23. The van der Waals surface area contributed by atoms with Crippen molar-refractivity contribution in [2.45, 2.75) is 44.9 Å². The van der Waals surface area contributed by atoms with Gasteiger partial charge in [0.15, 0.2) is 5.82 Å². The average Bonchev–Trinajstić information content (AvgIpc) is 2.79. The fourth-order valence-electron chi connectivity index (χ4n) is 4.56. The van der Waals surface area contributed by atoms with E-state index in [2.05, 4.69) is 35.9 Å². The lowest BCUT2D eigenvalue weighted by molar-refractivity contribution is 0.571. The van der Waals surface area contributed by atoms with Crippen molar-refractivity contribution in [3.05, 3.63) is 29.6 Å².